The van der Waals surface area contributed by atoms with Gasteiger partial charge >= 0.3 is 0 Å². The molecule has 1 saturated heterocycles. The molecule has 0 spiro atoms. The van der Waals surface area contributed by atoms with Gasteiger partial charge in [0.05, 0.1) is 6.61 Å². The molecule has 0 amide bonds. The van der Waals surface area contributed by atoms with Gasteiger partial charge in [-0.2, -0.15) is 0 Å². The summed E-state index contributed by atoms with van der Waals surface area (Å²) in [4.78, 5) is 2.60. The summed E-state index contributed by atoms with van der Waals surface area (Å²) in [6.45, 7) is 9.19. The first-order valence-electron chi connectivity index (χ1n) is 7.36. The van der Waals surface area contributed by atoms with E-state index in [-0.39, 0.29) is 6.61 Å². The molecule has 0 saturated carbocycles. The molecule has 17 heavy (non-hydrogen) atoms. The van der Waals surface area contributed by atoms with Crippen LogP contribution in [0.4, 0.5) is 0 Å². The van der Waals surface area contributed by atoms with Gasteiger partial charge in [-0.25, -0.2) is 0 Å². The average Bonchev–Trinajstić information content (AvgIpc) is 2.34. The number of hydrogen-bond acceptors (Lipinski definition) is 3. The maximum absolute atomic E-state index is 8.90. The van der Waals surface area contributed by atoms with Crippen LogP contribution in [0.25, 0.3) is 0 Å². The third-order valence-electron chi connectivity index (χ3n) is 3.66. The van der Waals surface area contributed by atoms with Crippen LogP contribution in [0.5, 0.6) is 0 Å². The van der Waals surface area contributed by atoms with Gasteiger partial charge in [-0.3, -0.25) is 0 Å². The van der Waals surface area contributed by atoms with Crippen LogP contribution >= 0.6 is 0 Å². The van der Waals surface area contributed by atoms with Crippen LogP contribution < -0.4 is 5.32 Å². The SMILES string of the molecule is CCCCC1CC(NCCO)CN(CCC)C1. The van der Waals surface area contributed by atoms with Crippen LogP contribution in [-0.2, 0) is 0 Å². The fraction of sp³-hybridized carbons (Fsp3) is 1.00. The molecule has 3 heteroatoms. The van der Waals surface area contributed by atoms with E-state index in [0.29, 0.717) is 6.04 Å². The summed E-state index contributed by atoms with van der Waals surface area (Å²) in [6.07, 6.45) is 6.57. The van der Waals surface area contributed by atoms with Gasteiger partial charge in [0.15, 0.2) is 0 Å². The van der Waals surface area contributed by atoms with Gasteiger partial charge in [-0.15, -0.1) is 0 Å². The molecular weight excluding hydrogens is 212 g/mol. The average molecular weight is 242 g/mol. The molecule has 2 unspecified atom stereocenters. The third-order valence-corrected chi connectivity index (χ3v) is 3.66. The standard InChI is InChI=1S/C14H30N2O/c1-3-5-6-13-10-14(15-7-9-17)12-16(11-13)8-4-2/h13-15,17H,3-12H2,1-2H3. The Balaban J connectivity index is 2.37. The second kappa shape index (κ2) is 8.90. The first-order valence-corrected chi connectivity index (χ1v) is 7.36. The lowest BCUT2D eigenvalue weighted by atomic mass is 9.90. The predicted molar refractivity (Wildman–Crippen MR) is 73.2 cm³/mol. The van der Waals surface area contributed by atoms with Gasteiger partial charge in [0.25, 0.3) is 0 Å². The first-order chi connectivity index (χ1) is 8.30. The van der Waals surface area contributed by atoms with Crippen molar-refractivity contribution in [3.05, 3.63) is 0 Å². The maximum atomic E-state index is 8.90. The molecule has 1 aliphatic rings. The zero-order valence-corrected chi connectivity index (χ0v) is 11.6. The Morgan fingerprint density at radius 1 is 1.24 bits per heavy atom. The number of rotatable bonds is 8. The van der Waals surface area contributed by atoms with Gasteiger partial charge in [0.2, 0.25) is 0 Å². The van der Waals surface area contributed by atoms with Crippen molar-refractivity contribution < 1.29 is 5.11 Å². The van der Waals surface area contributed by atoms with E-state index in [1.807, 2.05) is 0 Å². The topological polar surface area (TPSA) is 35.5 Å². The highest BCUT2D eigenvalue weighted by Gasteiger charge is 2.25. The number of likely N-dealkylation sites (tertiary alicyclic amines) is 1. The highest BCUT2D eigenvalue weighted by molar-refractivity contribution is 4.83. The summed E-state index contributed by atoms with van der Waals surface area (Å²) in [6, 6.07) is 0.587. The van der Waals surface area contributed by atoms with Crippen molar-refractivity contribution in [3.63, 3.8) is 0 Å². The number of unbranched alkanes of at least 4 members (excludes halogenated alkanes) is 1. The van der Waals surface area contributed by atoms with Crippen LogP contribution in [0.3, 0.4) is 0 Å². The van der Waals surface area contributed by atoms with Crippen LogP contribution in [0, 0.1) is 5.92 Å². The monoisotopic (exact) mass is 242 g/mol. The molecule has 0 aromatic rings. The van der Waals surface area contributed by atoms with Crippen molar-refractivity contribution >= 4 is 0 Å². The largest absolute Gasteiger partial charge is 0.395 e. The molecule has 0 bridgehead atoms. The zero-order chi connectivity index (χ0) is 12.5. The Labute approximate surface area is 107 Å². The lowest BCUT2D eigenvalue weighted by Gasteiger charge is -2.38. The fourth-order valence-corrected chi connectivity index (χ4v) is 2.92. The van der Waals surface area contributed by atoms with Crippen LogP contribution in [0.1, 0.15) is 46.0 Å². The van der Waals surface area contributed by atoms with Crippen LogP contribution in [-0.4, -0.2) is 48.8 Å². The summed E-state index contributed by atoms with van der Waals surface area (Å²) in [5.41, 5.74) is 0. The second-order valence-electron chi connectivity index (χ2n) is 5.38. The fourth-order valence-electron chi connectivity index (χ4n) is 2.92. The molecule has 1 fully saturated rings. The van der Waals surface area contributed by atoms with E-state index in [9.17, 15) is 0 Å². The number of piperidine rings is 1. The molecule has 2 atom stereocenters. The molecular formula is C14H30N2O. The second-order valence-corrected chi connectivity index (χ2v) is 5.38. The first kappa shape index (κ1) is 14.9. The number of aliphatic hydroxyl groups excluding tert-OH is 1. The lowest BCUT2D eigenvalue weighted by Crippen LogP contribution is -2.49. The van der Waals surface area contributed by atoms with Crippen molar-refractivity contribution in [1.29, 1.82) is 0 Å². The minimum absolute atomic E-state index is 0.254. The van der Waals surface area contributed by atoms with E-state index >= 15 is 0 Å². The van der Waals surface area contributed by atoms with Gasteiger partial charge in [0, 0.05) is 25.7 Å². The minimum atomic E-state index is 0.254. The molecule has 1 aliphatic heterocycles. The maximum Gasteiger partial charge on any atom is 0.0556 e. The number of nitrogens with zero attached hydrogens (tertiary/aromatic N) is 1. The zero-order valence-electron chi connectivity index (χ0n) is 11.6. The minimum Gasteiger partial charge on any atom is -0.395 e. The molecule has 2 N–H and O–H groups in total. The molecule has 1 heterocycles. The van der Waals surface area contributed by atoms with Gasteiger partial charge in [-0.05, 0) is 31.7 Å². The molecule has 1 rings (SSSR count). The van der Waals surface area contributed by atoms with E-state index in [4.69, 9.17) is 5.11 Å². The molecule has 102 valence electrons. The Bertz CT molecular complexity index is 171. The molecule has 0 aromatic heterocycles. The third kappa shape index (κ3) is 5.84. The predicted octanol–water partition coefficient (Wildman–Crippen LogP) is 1.86. The van der Waals surface area contributed by atoms with E-state index in [2.05, 4.69) is 24.1 Å². The summed E-state index contributed by atoms with van der Waals surface area (Å²) >= 11 is 0. The molecule has 0 aliphatic carbocycles. The molecule has 3 nitrogen and oxygen atoms in total. The summed E-state index contributed by atoms with van der Waals surface area (Å²) in [7, 11) is 0. The van der Waals surface area contributed by atoms with Gasteiger partial charge in [0.1, 0.15) is 0 Å². The number of hydrogen-bond donors (Lipinski definition) is 2. The smallest absolute Gasteiger partial charge is 0.0556 e. The van der Waals surface area contributed by atoms with E-state index in [1.54, 1.807) is 0 Å². The highest BCUT2D eigenvalue weighted by atomic mass is 16.3. The quantitative estimate of drug-likeness (QED) is 0.682. The Hall–Kier alpha value is -0.120. The number of nitrogens with one attached hydrogen (secondary N) is 1. The van der Waals surface area contributed by atoms with Gasteiger partial charge in [-0.1, -0.05) is 26.7 Å². The molecule has 0 radical (unpaired) electrons. The van der Waals surface area contributed by atoms with E-state index in [1.165, 1.54) is 45.2 Å². The normalized spacial score (nSPS) is 26.3. The summed E-state index contributed by atoms with van der Waals surface area (Å²) in [5.74, 6) is 0.853. The summed E-state index contributed by atoms with van der Waals surface area (Å²) in [5, 5.41) is 12.4. The van der Waals surface area contributed by atoms with Crippen LogP contribution in [0.15, 0.2) is 0 Å². The van der Waals surface area contributed by atoms with E-state index < -0.39 is 0 Å². The van der Waals surface area contributed by atoms with Crippen molar-refractivity contribution in [2.45, 2.75) is 52.0 Å². The van der Waals surface area contributed by atoms with Crippen molar-refractivity contribution in [3.8, 4) is 0 Å². The van der Waals surface area contributed by atoms with Crippen molar-refractivity contribution in [2.75, 3.05) is 32.8 Å². The van der Waals surface area contributed by atoms with Gasteiger partial charge < -0.3 is 15.3 Å². The lowest BCUT2D eigenvalue weighted by molar-refractivity contribution is 0.131. The number of aliphatic hydroxyl groups is 1. The van der Waals surface area contributed by atoms with Crippen LogP contribution in [0.2, 0.25) is 0 Å². The highest BCUT2D eigenvalue weighted by Crippen LogP contribution is 2.22. The van der Waals surface area contributed by atoms with E-state index in [0.717, 1.165) is 19.0 Å². The Kier molecular flexibility index (Phi) is 7.82. The Morgan fingerprint density at radius 2 is 2.06 bits per heavy atom. The van der Waals surface area contributed by atoms with Crippen molar-refractivity contribution in [1.82, 2.24) is 10.2 Å². The Morgan fingerprint density at radius 3 is 2.71 bits per heavy atom. The van der Waals surface area contributed by atoms with Crippen molar-refractivity contribution in [2.24, 2.45) is 5.92 Å². The molecule has 0 aromatic carbocycles. The summed E-state index contributed by atoms with van der Waals surface area (Å²) < 4.78 is 0.